The van der Waals surface area contributed by atoms with Gasteiger partial charge in [-0.05, 0) is 129 Å². The van der Waals surface area contributed by atoms with E-state index in [1.165, 1.54) is 50.1 Å². The third-order valence-electron chi connectivity index (χ3n) is 18.2. The molecule has 2 aliphatic rings. The summed E-state index contributed by atoms with van der Waals surface area (Å²) in [6.07, 6.45) is 0. The molecule has 0 unspecified atom stereocenters. The lowest BCUT2D eigenvalue weighted by atomic mass is 9.33. The number of rotatable bonds is 10. The maximum Gasteiger partial charge on any atom is 0.252 e. The van der Waals surface area contributed by atoms with Crippen LogP contribution in [0, 0.1) is 0 Å². The van der Waals surface area contributed by atoms with Gasteiger partial charge >= 0.3 is 0 Å². The average molecular weight is 1180 g/mol. The lowest BCUT2D eigenvalue weighted by molar-refractivity contribution is 0.591. The molecule has 0 radical (unpaired) electrons. The zero-order chi connectivity index (χ0) is 61.4. The molecule has 0 atom stereocenters. The van der Waals surface area contributed by atoms with Crippen LogP contribution in [0.5, 0.6) is 0 Å². The number of fused-ring (bicyclic) bond motifs is 7. The molecule has 3 aromatic heterocycles. The van der Waals surface area contributed by atoms with Crippen molar-refractivity contribution < 1.29 is 0 Å². The van der Waals surface area contributed by atoms with E-state index in [-0.39, 0.29) is 12.1 Å². The molecule has 5 heterocycles. The Morgan fingerprint density at radius 3 is 1.34 bits per heavy atom. The summed E-state index contributed by atoms with van der Waals surface area (Å²) in [5.74, 6) is 2.23. The van der Waals surface area contributed by atoms with Crippen LogP contribution in [0.2, 0.25) is 0 Å². The van der Waals surface area contributed by atoms with Crippen LogP contribution < -0.4 is 26.2 Å². The summed E-state index contributed by atoms with van der Waals surface area (Å²) >= 11 is 0. The number of benzene rings is 12. The Bertz CT molecular complexity index is 5260. The molecule has 9 heteroatoms. The minimum Gasteiger partial charge on any atom is -0.311 e. The van der Waals surface area contributed by atoms with E-state index in [0.717, 1.165) is 89.4 Å². The topological polar surface area (TPSA) is 75.9 Å². The zero-order valence-electron chi connectivity index (χ0n) is 51.0. The maximum absolute atomic E-state index is 5.52. The van der Waals surface area contributed by atoms with Gasteiger partial charge in [-0.1, -0.05) is 233 Å². The molecular formula is C83H59BN8. The number of para-hydroxylation sites is 4. The lowest BCUT2D eigenvalue weighted by Crippen LogP contribution is -2.61. The van der Waals surface area contributed by atoms with Crippen molar-refractivity contribution >= 4 is 79.0 Å². The molecule has 0 spiro atoms. The van der Waals surface area contributed by atoms with E-state index >= 15 is 0 Å². The van der Waals surface area contributed by atoms with E-state index in [1.54, 1.807) is 0 Å². The molecule has 0 amide bonds. The van der Waals surface area contributed by atoms with E-state index in [2.05, 4.69) is 284 Å². The van der Waals surface area contributed by atoms with E-state index in [4.69, 9.17) is 24.9 Å². The molecule has 0 N–H and O–H groups in total. The number of nitrogens with zero attached hydrogens (tertiary/aromatic N) is 8. The van der Waals surface area contributed by atoms with Gasteiger partial charge in [0, 0.05) is 78.3 Å². The number of aromatic nitrogens is 6. The predicted octanol–water partition coefficient (Wildman–Crippen LogP) is 18.8. The van der Waals surface area contributed by atoms with Crippen molar-refractivity contribution in [1.82, 2.24) is 29.5 Å². The van der Waals surface area contributed by atoms with Gasteiger partial charge in [-0.25, -0.2) is 24.9 Å². The zero-order valence-corrected chi connectivity index (χ0v) is 51.0. The SMILES string of the molecule is CC(C)(C)c1ccc2c(c1)c1ccccc1n2-c1ccc(-c2nc(-c3ccccc3)cc(-c3ccccc3)n2)cc1-c1nc(-c2ccccc2)nc(-c2ccc(-c3ccc(N4c5ccccc5B5c6ccccc6N(c6ccccc6)c6cccc4c65)cc3)cc2)n1. The predicted molar refractivity (Wildman–Crippen MR) is 381 cm³/mol. The third-order valence-corrected chi connectivity index (χ3v) is 18.2. The monoisotopic (exact) mass is 1180 g/mol. The van der Waals surface area contributed by atoms with Crippen molar-refractivity contribution in [2.75, 3.05) is 9.80 Å². The number of anilines is 6. The van der Waals surface area contributed by atoms with E-state index in [0.29, 0.717) is 23.3 Å². The fourth-order valence-electron chi connectivity index (χ4n) is 13.8. The first-order valence-corrected chi connectivity index (χ1v) is 31.4. The molecule has 434 valence electrons. The molecule has 12 aromatic carbocycles. The second-order valence-electron chi connectivity index (χ2n) is 24.8. The highest BCUT2D eigenvalue weighted by molar-refractivity contribution is 7.00. The molecular weight excluding hydrogens is 1120 g/mol. The Morgan fingerprint density at radius 1 is 0.293 bits per heavy atom. The molecule has 0 saturated carbocycles. The smallest absolute Gasteiger partial charge is 0.252 e. The summed E-state index contributed by atoms with van der Waals surface area (Å²) in [5, 5.41) is 2.34. The van der Waals surface area contributed by atoms with Crippen LogP contribution in [0.15, 0.2) is 303 Å². The highest BCUT2D eigenvalue weighted by Gasteiger charge is 2.43. The fourth-order valence-corrected chi connectivity index (χ4v) is 13.8. The van der Waals surface area contributed by atoms with Crippen LogP contribution in [0.3, 0.4) is 0 Å². The van der Waals surface area contributed by atoms with Crippen molar-refractivity contribution in [3.8, 4) is 84.9 Å². The van der Waals surface area contributed by atoms with Crippen LogP contribution >= 0.6 is 0 Å². The van der Waals surface area contributed by atoms with Crippen LogP contribution in [-0.2, 0) is 5.41 Å². The van der Waals surface area contributed by atoms with Gasteiger partial charge in [-0.15, -0.1) is 0 Å². The fraction of sp³-hybridized carbons (Fsp3) is 0.0482. The second-order valence-corrected chi connectivity index (χ2v) is 24.8. The summed E-state index contributed by atoms with van der Waals surface area (Å²) in [6.45, 7) is 6.89. The van der Waals surface area contributed by atoms with Crippen molar-refractivity contribution in [2.45, 2.75) is 26.2 Å². The van der Waals surface area contributed by atoms with Crippen molar-refractivity contribution in [2.24, 2.45) is 0 Å². The Kier molecular flexibility index (Phi) is 13.0. The minimum atomic E-state index is -0.0508. The number of hydrogen-bond donors (Lipinski definition) is 0. The van der Waals surface area contributed by atoms with Gasteiger partial charge < -0.3 is 14.4 Å². The van der Waals surface area contributed by atoms with Gasteiger partial charge in [-0.2, -0.15) is 0 Å². The first-order chi connectivity index (χ1) is 45.3. The van der Waals surface area contributed by atoms with Crippen LogP contribution in [0.25, 0.3) is 107 Å². The molecule has 0 bridgehead atoms. The number of hydrogen-bond acceptors (Lipinski definition) is 7. The third kappa shape index (κ3) is 9.35. The molecule has 0 aliphatic carbocycles. The van der Waals surface area contributed by atoms with Gasteiger partial charge in [0.05, 0.1) is 28.1 Å². The average Bonchev–Trinajstić information content (AvgIpc) is 0.816. The largest absolute Gasteiger partial charge is 0.311 e. The quantitative estimate of drug-likeness (QED) is 0.126. The van der Waals surface area contributed by atoms with Crippen LogP contribution in [0.1, 0.15) is 26.3 Å². The Morgan fingerprint density at radius 2 is 0.739 bits per heavy atom. The van der Waals surface area contributed by atoms with Gasteiger partial charge in [0.25, 0.3) is 6.71 Å². The van der Waals surface area contributed by atoms with Gasteiger partial charge in [0.15, 0.2) is 23.3 Å². The summed E-state index contributed by atoms with van der Waals surface area (Å²) in [4.78, 5) is 31.8. The van der Waals surface area contributed by atoms with Crippen molar-refractivity contribution in [1.29, 1.82) is 0 Å². The Hall–Kier alpha value is -11.8. The van der Waals surface area contributed by atoms with E-state index in [1.807, 2.05) is 54.6 Å². The van der Waals surface area contributed by atoms with Gasteiger partial charge in [0.2, 0.25) is 0 Å². The lowest BCUT2D eigenvalue weighted by Gasteiger charge is -2.44. The second kappa shape index (κ2) is 22.0. The molecule has 17 rings (SSSR count). The molecule has 0 fully saturated rings. The van der Waals surface area contributed by atoms with Crippen LogP contribution in [-0.4, -0.2) is 36.2 Å². The highest BCUT2D eigenvalue weighted by atomic mass is 15.2. The molecule has 15 aromatic rings. The van der Waals surface area contributed by atoms with Crippen molar-refractivity contribution in [3.05, 3.63) is 309 Å². The van der Waals surface area contributed by atoms with Crippen LogP contribution in [0.4, 0.5) is 34.1 Å². The van der Waals surface area contributed by atoms with Gasteiger partial charge in [0.1, 0.15) is 0 Å². The van der Waals surface area contributed by atoms with E-state index < -0.39 is 0 Å². The normalized spacial score (nSPS) is 12.4. The maximum atomic E-state index is 5.52. The van der Waals surface area contributed by atoms with Crippen molar-refractivity contribution in [3.63, 3.8) is 0 Å². The summed E-state index contributed by atoms with van der Waals surface area (Å²) in [6, 6.07) is 108. The summed E-state index contributed by atoms with van der Waals surface area (Å²) in [5.41, 5.74) is 24.4. The Balaban J connectivity index is 0.789. The van der Waals surface area contributed by atoms with Gasteiger partial charge in [-0.3, -0.25) is 0 Å². The molecule has 0 saturated heterocycles. The standard InChI is InChI=1S/C83H59BN8/c1-83(2,3)61-46-50-72-65(52-61)64-31-16-19-34-71(64)92(72)73-49-45-60(81-85-69(56-23-8-4-9-24-56)53-70(86-81)57-25-10-5-11-26-57)51-66(73)82-88-79(58-27-12-6-13-28-58)87-80(89-82)59-41-39-54(40-42-59)55-43-47-63(48-44-55)91-75-36-21-18-33-68(75)84-67-32-17-20-35-74(67)90(62-29-14-7-15-30-62)76-37-22-38-77(91)78(76)84/h4-53H,1-3H3. The Labute approximate surface area is 535 Å². The minimum absolute atomic E-state index is 0.0508. The highest BCUT2D eigenvalue weighted by Crippen LogP contribution is 2.45. The summed E-state index contributed by atoms with van der Waals surface area (Å²) < 4.78 is 2.37. The van der Waals surface area contributed by atoms with E-state index in [9.17, 15) is 0 Å². The first kappa shape index (κ1) is 54.4. The first-order valence-electron chi connectivity index (χ1n) is 31.4. The molecule has 8 nitrogen and oxygen atoms in total. The molecule has 92 heavy (non-hydrogen) atoms. The molecule has 2 aliphatic heterocycles. The summed E-state index contributed by atoms with van der Waals surface area (Å²) in [7, 11) is 0.